The van der Waals surface area contributed by atoms with Gasteiger partial charge in [0.05, 0.1) is 12.1 Å². The van der Waals surface area contributed by atoms with Crippen molar-refractivity contribution in [1.82, 2.24) is 16.0 Å². The van der Waals surface area contributed by atoms with Crippen molar-refractivity contribution in [2.24, 2.45) is 0 Å². The second-order valence-corrected chi connectivity index (χ2v) is 7.63. The van der Waals surface area contributed by atoms with Crippen molar-refractivity contribution >= 4 is 23.7 Å². The molecular weight excluding hydrogens is 314 g/mol. The van der Waals surface area contributed by atoms with E-state index >= 15 is 0 Å². The van der Waals surface area contributed by atoms with Crippen molar-refractivity contribution in [3.8, 4) is 0 Å². The van der Waals surface area contributed by atoms with E-state index in [2.05, 4.69) is 16.0 Å². The number of thioether (sulfide) groups is 1. The standard InChI is InChI=1S/C16H29N3O3S/c20-10-6-2-1-5-9-17-14(21)8-4-3-7-13-15-12(11-23-13)18-16(22)19-15/h12-13,15,20H,1-11H2,(H,17,21)(H2,18,19,22)/t12?,13-,15?/m0/s1. The third kappa shape index (κ3) is 6.22. The quantitative estimate of drug-likeness (QED) is 0.337. The molecule has 2 heterocycles. The van der Waals surface area contributed by atoms with Crippen molar-refractivity contribution in [3.63, 3.8) is 0 Å². The first kappa shape index (κ1) is 18.4. The molecule has 0 radical (unpaired) electrons. The van der Waals surface area contributed by atoms with Gasteiger partial charge in [-0.25, -0.2) is 4.79 Å². The van der Waals surface area contributed by atoms with Gasteiger partial charge in [-0.3, -0.25) is 4.79 Å². The highest BCUT2D eigenvalue weighted by Crippen LogP contribution is 2.33. The highest BCUT2D eigenvalue weighted by atomic mass is 32.2. The van der Waals surface area contributed by atoms with E-state index in [0.717, 1.165) is 57.2 Å². The monoisotopic (exact) mass is 343 g/mol. The van der Waals surface area contributed by atoms with Crippen LogP contribution < -0.4 is 16.0 Å². The molecule has 2 saturated heterocycles. The van der Waals surface area contributed by atoms with E-state index in [0.29, 0.717) is 11.7 Å². The van der Waals surface area contributed by atoms with Crippen LogP contribution in [0.15, 0.2) is 0 Å². The first-order valence-corrected chi connectivity index (χ1v) is 9.82. The number of hydrogen-bond donors (Lipinski definition) is 4. The molecule has 0 bridgehead atoms. The Bertz CT molecular complexity index is 395. The average Bonchev–Trinajstić information content (AvgIpc) is 3.07. The molecule has 0 spiro atoms. The van der Waals surface area contributed by atoms with Crippen molar-refractivity contribution in [3.05, 3.63) is 0 Å². The second-order valence-electron chi connectivity index (χ2n) is 6.36. The van der Waals surface area contributed by atoms with Gasteiger partial charge in [-0.1, -0.05) is 19.3 Å². The number of carbonyl (C=O) groups excluding carboxylic acids is 2. The van der Waals surface area contributed by atoms with Gasteiger partial charge in [0.15, 0.2) is 0 Å². The van der Waals surface area contributed by atoms with Crippen LogP contribution >= 0.6 is 11.8 Å². The van der Waals surface area contributed by atoms with Crippen LogP contribution in [0.25, 0.3) is 0 Å². The van der Waals surface area contributed by atoms with Crippen LogP contribution in [0.4, 0.5) is 4.79 Å². The summed E-state index contributed by atoms with van der Waals surface area (Å²) in [5, 5.41) is 18.1. The molecule has 3 amide bonds. The van der Waals surface area contributed by atoms with Crippen LogP contribution in [0.2, 0.25) is 0 Å². The third-order valence-corrected chi connectivity index (χ3v) is 6.00. The SMILES string of the molecule is O=C(CCCC[C@@H]1SCC2NC(=O)NC21)NCCCCCCO. The second kappa shape index (κ2) is 10.0. The number of amides is 3. The molecule has 0 aromatic carbocycles. The van der Waals surface area contributed by atoms with E-state index in [-0.39, 0.29) is 30.6 Å². The largest absolute Gasteiger partial charge is 0.396 e. The summed E-state index contributed by atoms with van der Waals surface area (Å²) in [5.41, 5.74) is 0. The number of hydrogen-bond acceptors (Lipinski definition) is 4. The van der Waals surface area contributed by atoms with E-state index in [1.807, 2.05) is 11.8 Å². The average molecular weight is 343 g/mol. The number of fused-ring (bicyclic) bond motifs is 1. The van der Waals surface area contributed by atoms with E-state index in [4.69, 9.17) is 5.11 Å². The number of unbranched alkanes of at least 4 members (excludes halogenated alkanes) is 4. The molecule has 0 saturated carbocycles. The van der Waals surface area contributed by atoms with Gasteiger partial charge in [-0.2, -0.15) is 11.8 Å². The molecule has 23 heavy (non-hydrogen) atoms. The number of aliphatic hydroxyl groups excluding tert-OH is 1. The molecule has 4 N–H and O–H groups in total. The molecule has 0 aliphatic carbocycles. The minimum atomic E-state index is -0.0383. The van der Waals surface area contributed by atoms with E-state index < -0.39 is 0 Å². The smallest absolute Gasteiger partial charge is 0.315 e. The number of rotatable bonds is 11. The fourth-order valence-corrected chi connectivity index (χ4v) is 4.72. The van der Waals surface area contributed by atoms with Crippen LogP contribution in [0, 0.1) is 0 Å². The summed E-state index contributed by atoms with van der Waals surface area (Å²) in [6, 6.07) is 0.510. The molecule has 0 aromatic rings. The minimum absolute atomic E-state index is 0.0383. The molecule has 0 aromatic heterocycles. The Kier molecular flexibility index (Phi) is 8.02. The summed E-state index contributed by atoms with van der Waals surface area (Å²) >= 11 is 1.92. The molecule has 6 nitrogen and oxygen atoms in total. The van der Waals surface area contributed by atoms with Gasteiger partial charge in [-0.15, -0.1) is 0 Å². The number of nitrogens with one attached hydrogen (secondary N) is 3. The number of aliphatic hydroxyl groups is 1. The lowest BCUT2D eigenvalue weighted by atomic mass is 10.0. The Labute approximate surface area is 142 Å². The van der Waals surface area contributed by atoms with Crippen LogP contribution in [-0.2, 0) is 4.79 Å². The summed E-state index contributed by atoms with van der Waals surface area (Å²) in [7, 11) is 0. The predicted octanol–water partition coefficient (Wildman–Crippen LogP) is 1.38. The van der Waals surface area contributed by atoms with Crippen molar-refractivity contribution in [2.75, 3.05) is 18.9 Å². The summed E-state index contributed by atoms with van der Waals surface area (Å²) in [4.78, 5) is 23.0. The Morgan fingerprint density at radius 1 is 1.17 bits per heavy atom. The van der Waals surface area contributed by atoms with Gasteiger partial charge in [0.1, 0.15) is 0 Å². The highest BCUT2D eigenvalue weighted by molar-refractivity contribution is 8.00. The van der Waals surface area contributed by atoms with Gasteiger partial charge >= 0.3 is 6.03 Å². The molecular formula is C16H29N3O3S. The van der Waals surface area contributed by atoms with Crippen molar-refractivity contribution < 1.29 is 14.7 Å². The van der Waals surface area contributed by atoms with Crippen LogP contribution in [0.1, 0.15) is 51.4 Å². The normalized spacial score (nSPS) is 25.8. The fourth-order valence-electron chi connectivity index (χ4n) is 3.18. The minimum Gasteiger partial charge on any atom is -0.396 e. The lowest BCUT2D eigenvalue weighted by molar-refractivity contribution is -0.121. The molecule has 2 unspecified atom stereocenters. The number of carbonyl (C=O) groups is 2. The zero-order chi connectivity index (χ0) is 16.5. The summed E-state index contributed by atoms with van der Waals surface area (Å²) < 4.78 is 0. The molecule has 2 fully saturated rings. The zero-order valence-corrected chi connectivity index (χ0v) is 14.5. The van der Waals surface area contributed by atoms with E-state index in [9.17, 15) is 9.59 Å². The topological polar surface area (TPSA) is 90.5 Å². The maximum atomic E-state index is 11.7. The summed E-state index contributed by atoms with van der Waals surface area (Å²) in [6.45, 7) is 0.997. The van der Waals surface area contributed by atoms with E-state index in [1.165, 1.54) is 0 Å². The Hall–Kier alpha value is -0.950. The van der Waals surface area contributed by atoms with Crippen LogP contribution in [0.5, 0.6) is 0 Å². The van der Waals surface area contributed by atoms with Gasteiger partial charge in [0.2, 0.25) is 5.91 Å². The molecule has 7 heteroatoms. The Morgan fingerprint density at radius 3 is 2.83 bits per heavy atom. The lowest BCUT2D eigenvalue weighted by Gasteiger charge is -2.16. The van der Waals surface area contributed by atoms with Gasteiger partial charge in [0, 0.05) is 30.6 Å². The van der Waals surface area contributed by atoms with Gasteiger partial charge in [0.25, 0.3) is 0 Å². The van der Waals surface area contributed by atoms with Gasteiger partial charge in [-0.05, 0) is 25.7 Å². The first-order chi connectivity index (χ1) is 11.2. The Balaban J connectivity index is 1.46. The lowest BCUT2D eigenvalue weighted by Crippen LogP contribution is -2.36. The predicted molar refractivity (Wildman–Crippen MR) is 92.5 cm³/mol. The Morgan fingerprint density at radius 2 is 2.00 bits per heavy atom. The van der Waals surface area contributed by atoms with Crippen LogP contribution in [-0.4, -0.2) is 53.3 Å². The molecule has 2 aliphatic rings. The maximum Gasteiger partial charge on any atom is 0.315 e. The summed E-state index contributed by atoms with van der Waals surface area (Å²) in [5.74, 6) is 1.13. The molecule has 2 aliphatic heterocycles. The third-order valence-electron chi connectivity index (χ3n) is 4.49. The number of urea groups is 1. The van der Waals surface area contributed by atoms with Crippen molar-refractivity contribution in [1.29, 1.82) is 0 Å². The summed E-state index contributed by atoms with van der Waals surface area (Å²) in [6.07, 6.45) is 7.51. The van der Waals surface area contributed by atoms with Crippen molar-refractivity contribution in [2.45, 2.75) is 68.7 Å². The van der Waals surface area contributed by atoms with Crippen LogP contribution in [0.3, 0.4) is 0 Å². The molecule has 2 rings (SSSR count). The first-order valence-electron chi connectivity index (χ1n) is 8.77. The highest BCUT2D eigenvalue weighted by Gasteiger charge is 2.42. The fraction of sp³-hybridized carbons (Fsp3) is 0.875. The zero-order valence-electron chi connectivity index (χ0n) is 13.7. The molecule has 3 atom stereocenters. The van der Waals surface area contributed by atoms with Gasteiger partial charge < -0.3 is 21.1 Å². The molecule has 132 valence electrons. The maximum absolute atomic E-state index is 11.7. The van der Waals surface area contributed by atoms with E-state index in [1.54, 1.807) is 0 Å².